The Morgan fingerprint density at radius 3 is 2.62 bits per heavy atom. The van der Waals surface area contributed by atoms with Crippen LogP contribution in [0.1, 0.15) is 50.8 Å². The molecule has 0 bridgehead atoms. The lowest BCUT2D eigenvalue weighted by atomic mass is 9.90. The monoisotopic (exact) mass is 342 g/mol. The number of piperidine rings is 1. The molecule has 2 rings (SSSR count). The van der Waals surface area contributed by atoms with Crippen molar-refractivity contribution >= 4 is 5.91 Å². The predicted molar refractivity (Wildman–Crippen MR) is 87.4 cm³/mol. The summed E-state index contributed by atoms with van der Waals surface area (Å²) in [7, 11) is 0. The molecule has 6 heteroatoms. The maximum Gasteiger partial charge on any atom is 0.416 e. The maximum atomic E-state index is 12.9. The van der Waals surface area contributed by atoms with Gasteiger partial charge in [-0.25, -0.2) is 0 Å². The van der Waals surface area contributed by atoms with Crippen molar-refractivity contribution in [3.05, 3.63) is 35.4 Å². The minimum Gasteiger partial charge on any atom is -0.349 e. The molecule has 1 fully saturated rings. The zero-order valence-corrected chi connectivity index (χ0v) is 14.3. The molecule has 1 aromatic rings. The fourth-order valence-electron chi connectivity index (χ4n) is 3.18. The third-order valence-corrected chi connectivity index (χ3v) is 4.53. The first-order chi connectivity index (χ1) is 11.2. The van der Waals surface area contributed by atoms with E-state index in [0.29, 0.717) is 5.56 Å². The summed E-state index contributed by atoms with van der Waals surface area (Å²) < 4.78 is 38.8. The van der Waals surface area contributed by atoms with E-state index in [1.165, 1.54) is 6.07 Å². The Labute approximate surface area is 141 Å². The molecular weight excluding hydrogens is 317 g/mol. The molecule has 1 unspecified atom stereocenters. The van der Waals surface area contributed by atoms with E-state index in [-0.39, 0.29) is 23.8 Å². The zero-order valence-electron chi connectivity index (χ0n) is 14.3. The van der Waals surface area contributed by atoms with Gasteiger partial charge in [-0.05, 0) is 49.9 Å². The molecule has 24 heavy (non-hydrogen) atoms. The molecule has 2 N–H and O–H groups in total. The van der Waals surface area contributed by atoms with Gasteiger partial charge in [-0.3, -0.25) is 4.79 Å². The third kappa shape index (κ3) is 4.72. The van der Waals surface area contributed by atoms with Crippen LogP contribution >= 0.6 is 0 Å². The lowest BCUT2D eigenvalue weighted by Crippen LogP contribution is -2.44. The van der Waals surface area contributed by atoms with Gasteiger partial charge in [-0.2, -0.15) is 13.2 Å². The predicted octanol–water partition coefficient (Wildman–Crippen LogP) is 3.91. The molecule has 0 aliphatic carbocycles. The first-order valence-electron chi connectivity index (χ1n) is 8.39. The molecule has 1 amide bonds. The number of carbonyl (C=O) groups excluding carboxylic acids is 1. The van der Waals surface area contributed by atoms with Gasteiger partial charge >= 0.3 is 6.18 Å². The summed E-state index contributed by atoms with van der Waals surface area (Å²) >= 11 is 0. The highest BCUT2D eigenvalue weighted by Crippen LogP contribution is 2.32. The minimum atomic E-state index is -4.38. The molecule has 134 valence electrons. The molecule has 0 saturated carbocycles. The minimum absolute atomic E-state index is 0.00317. The Morgan fingerprint density at radius 2 is 2.04 bits per heavy atom. The molecule has 0 spiro atoms. The number of halogens is 3. The SMILES string of the molecule is CC(C)C(NC(=O)[C@H]1CCN[C@@H](C)C1)c1cccc(C(F)(F)F)c1. The highest BCUT2D eigenvalue weighted by atomic mass is 19.4. The first-order valence-corrected chi connectivity index (χ1v) is 8.39. The van der Waals surface area contributed by atoms with Crippen LogP contribution in [0.3, 0.4) is 0 Å². The van der Waals surface area contributed by atoms with E-state index in [1.54, 1.807) is 6.07 Å². The number of hydrogen-bond acceptors (Lipinski definition) is 2. The average Bonchev–Trinajstić information content (AvgIpc) is 2.51. The van der Waals surface area contributed by atoms with E-state index >= 15 is 0 Å². The van der Waals surface area contributed by atoms with Crippen LogP contribution in [-0.2, 0) is 11.0 Å². The molecule has 3 atom stereocenters. The Balaban J connectivity index is 2.16. The second kappa shape index (κ2) is 7.55. The fourth-order valence-corrected chi connectivity index (χ4v) is 3.18. The van der Waals surface area contributed by atoms with Crippen LogP contribution in [0.25, 0.3) is 0 Å². The van der Waals surface area contributed by atoms with Crippen LogP contribution in [0.5, 0.6) is 0 Å². The maximum absolute atomic E-state index is 12.9. The van der Waals surface area contributed by atoms with Crippen molar-refractivity contribution in [1.29, 1.82) is 0 Å². The van der Waals surface area contributed by atoms with Crippen molar-refractivity contribution in [3.63, 3.8) is 0 Å². The summed E-state index contributed by atoms with van der Waals surface area (Å²) in [4.78, 5) is 12.6. The van der Waals surface area contributed by atoms with Gasteiger partial charge in [0.25, 0.3) is 0 Å². The first kappa shape index (κ1) is 18.8. The van der Waals surface area contributed by atoms with Crippen molar-refractivity contribution in [2.45, 2.75) is 51.9 Å². The molecule has 1 aromatic carbocycles. The number of nitrogens with one attached hydrogen (secondary N) is 2. The number of amides is 1. The molecule has 1 aliphatic rings. The van der Waals surface area contributed by atoms with E-state index in [0.717, 1.165) is 31.5 Å². The van der Waals surface area contributed by atoms with Crippen molar-refractivity contribution < 1.29 is 18.0 Å². The Kier molecular flexibility index (Phi) is 5.91. The van der Waals surface area contributed by atoms with Crippen molar-refractivity contribution in [1.82, 2.24) is 10.6 Å². The Hall–Kier alpha value is -1.56. The zero-order chi connectivity index (χ0) is 17.9. The second-order valence-electron chi connectivity index (χ2n) is 6.93. The quantitative estimate of drug-likeness (QED) is 0.871. The van der Waals surface area contributed by atoms with E-state index < -0.39 is 17.8 Å². The summed E-state index contributed by atoms with van der Waals surface area (Å²) in [6.45, 7) is 6.62. The summed E-state index contributed by atoms with van der Waals surface area (Å²) in [5.41, 5.74) is -0.189. The van der Waals surface area contributed by atoms with Gasteiger partial charge in [0.1, 0.15) is 0 Å². The largest absolute Gasteiger partial charge is 0.416 e. The molecule has 0 aromatic heterocycles. The van der Waals surface area contributed by atoms with Crippen molar-refractivity contribution in [2.75, 3.05) is 6.54 Å². The van der Waals surface area contributed by atoms with E-state index in [9.17, 15) is 18.0 Å². The Morgan fingerprint density at radius 1 is 1.33 bits per heavy atom. The summed E-state index contributed by atoms with van der Waals surface area (Å²) in [6.07, 6.45) is -2.88. The van der Waals surface area contributed by atoms with Gasteiger partial charge in [0, 0.05) is 12.0 Å². The van der Waals surface area contributed by atoms with E-state index in [2.05, 4.69) is 10.6 Å². The van der Waals surface area contributed by atoms with Crippen molar-refractivity contribution in [3.8, 4) is 0 Å². The summed E-state index contributed by atoms with van der Waals surface area (Å²) in [5, 5.41) is 6.26. The fraction of sp³-hybridized carbons (Fsp3) is 0.611. The number of rotatable bonds is 4. The second-order valence-corrected chi connectivity index (χ2v) is 6.93. The van der Waals surface area contributed by atoms with Gasteiger partial charge in [0.15, 0.2) is 0 Å². The Bertz CT molecular complexity index is 572. The third-order valence-electron chi connectivity index (χ3n) is 4.53. The van der Waals surface area contributed by atoms with E-state index in [1.807, 2.05) is 20.8 Å². The highest BCUT2D eigenvalue weighted by molar-refractivity contribution is 5.79. The van der Waals surface area contributed by atoms with Gasteiger partial charge in [-0.1, -0.05) is 26.0 Å². The van der Waals surface area contributed by atoms with Crippen LogP contribution in [-0.4, -0.2) is 18.5 Å². The van der Waals surface area contributed by atoms with Crippen LogP contribution in [0.4, 0.5) is 13.2 Å². The van der Waals surface area contributed by atoms with Crippen LogP contribution in [0.2, 0.25) is 0 Å². The standard InChI is InChI=1S/C18H25F3N2O/c1-11(2)16(13-5-4-6-15(10-13)18(19,20)21)23-17(24)14-7-8-22-12(3)9-14/h4-6,10-12,14,16,22H,7-9H2,1-3H3,(H,23,24)/t12-,14-,16?/m0/s1. The summed E-state index contributed by atoms with van der Waals surface area (Å²) in [5.74, 6) is -0.163. The summed E-state index contributed by atoms with van der Waals surface area (Å²) in [6, 6.07) is 5.08. The van der Waals surface area contributed by atoms with Crippen LogP contribution < -0.4 is 10.6 Å². The molecule has 1 heterocycles. The van der Waals surface area contributed by atoms with Crippen molar-refractivity contribution in [2.24, 2.45) is 11.8 Å². The number of hydrogen-bond donors (Lipinski definition) is 2. The molecule has 1 saturated heterocycles. The van der Waals surface area contributed by atoms with Gasteiger partial charge in [0.2, 0.25) is 5.91 Å². The molecule has 0 radical (unpaired) electrons. The van der Waals surface area contributed by atoms with Crippen LogP contribution in [0, 0.1) is 11.8 Å². The van der Waals surface area contributed by atoms with E-state index in [4.69, 9.17) is 0 Å². The lowest BCUT2D eigenvalue weighted by Gasteiger charge is -2.30. The van der Waals surface area contributed by atoms with Gasteiger partial charge in [0.05, 0.1) is 11.6 Å². The average molecular weight is 342 g/mol. The normalized spacial score (nSPS) is 23.1. The highest BCUT2D eigenvalue weighted by Gasteiger charge is 2.32. The lowest BCUT2D eigenvalue weighted by molar-refractivity contribution is -0.137. The smallest absolute Gasteiger partial charge is 0.349 e. The topological polar surface area (TPSA) is 41.1 Å². The molecule has 1 aliphatic heterocycles. The molecular formula is C18H25F3N2O. The van der Waals surface area contributed by atoms with Gasteiger partial charge in [-0.15, -0.1) is 0 Å². The molecule has 3 nitrogen and oxygen atoms in total. The number of benzene rings is 1. The number of carbonyl (C=O) groups is 1. The number of alkyl halides is 3. The van der Waals surface area contributed by atoms with Crippen LogP contribution in [0.15, 0.2) is 24.3 Å². The van der Waals surface area contributed by atoms with Gasteiger partial charge < -0.3 is 10.6 Å².